The molecule has 0 heterocycles. The summed E-state index contributed by atoms with van der Waals surface area (Å²) < 4.78 is 0. The van der Waals surface area contributed by atoms with Gasteiger partial charge < -0.3 is 10.2 Å². The molecule has 0 bridgehead atoms. The maximum Gasteiger partial charge on any atom is 2.00 e. The predicted molar refractivity (Wildman–Crippen MR) is 48.9 cm³/mol. The molecular formula is C10H14O4Ti. The van der Waals surface area contributed by atoms with Crippen LogP contribution in [-0.4, -0.2) is 11.6 Å². The number of rotatable bonds is 4. The summed E-state index contributed by atoms with van der Waals surface area (Å²) >= 11 is 0. The second-order valence-corrected chi connectivity index (χ2v) is 2.83. The van der Waals surface area contributed by atoms with Crippen LogP contribution < -0.4 is 10.2 Å². The third-order valence-electron chi connectivity index (χ3n) is 0.892. The maximum absolute atomic E-state index is 9.99. The zero-order valence-corrected chi connectivity index (χ0v) is 10.5. The summed E-state index contributed by atoms with van der Waals surface area (Å²) in [5.74, 6) is -0.875. The Morgan fingerprint density at radius 2 is 1.13 bits per heavy atom. The monoisotopic (exact) mass is 246 g/mol. The molecule has 0 aliphatic carbocycles. The van der Waals surface area contributed by atoms with Gasteiger partial charge in [0, 0.05) is 12.8 Å². The Morgan fingerprint density at radius 3 is 1.13 bits per heavy atom. The Bertz CT molecular complexity index is 196. The van der Waals surface area contributed by atoms with Gasteiger partial charge in [0.2, 0.25) is 0 Å². The van der Waals surface area contributed by atoms with Crippen LogP contribution in [0.3, 0.4) is 0 Å². The number of carbonyl (C=O) groups excluding carboxylic acids is 2. The molecular weight excluding hydrogens is 232 g/mol. The number of hydrogen-bond donors (Lipinski definition) is 0. The van der Waals surface area contributed by atoms with E-state index in [0.29, 0.717) is 0 Å². The fourth-order valence-corrected chi connectivity index (χ4v) is 0.555. The van der Waals surface area contributed by atoms with E-state index >= 15 is 0 Å². The molecule has 0 fully saturated rings. The van der Waals surface area contributed by atoms with Crippen molar-refractivity contribution in [2.45, 2.75) is 26.7 Å². The largest absolute Gasteiger partial charge is 2.00 e. The molecule has 0 aromatic rings. The van der Waals surface area contributed by atoms with Gasteiger partial charge in [-0.3, -0.25) is 9.59 Å². The average Bonchev–Trinajstić information content (AvgIpc) is 1.79. The van der Waals surface area contributed by atoms with E-state index in [2.05, 4.69) is 13.2 Å². The van der Waals surface area contributed by atoms with Gasteiger partial charge in [-0.05, 0) is 13.8 Å². The fraction of sp³-hybridized carbons (Fsp3) is 0.400. The number of carbonyl (C=O) groups is 2. The summed E-state index contributed by atoms with van der Waals surface area (Å²) in [5.41, 5.74) is 0. The summed E-state index contributed by atoms with van der Waals surface area (Å²) in [4.78, 5) is 20.0. The molecule has 0 unspecified atom stereocenters. The Kier molecular flexibility index (Phi) is 14.7. The topological polar surface area (TPSA) is 80.3 Å². The van der Waals surface area contributed by atoms with Gasteiger partial charge in [0.25, 0.3) is 0 Å². The minimum Gasteiger partial charge on any atom is -0.876 e. The fourth-order valence-electron chi connectivity index (χ4n) is 0.555. The molecule has 82 valence electrons. The number of Topliss-reactive ketones (excluding diaryl/α,β-unsaturated/α-hetero) is 2. The van der Waals surface area contributed by atoms with Gasteiger partial charge in [-0.2, -0.15) is 0 Å². The van der Waals surface area contributed by atoms with Crippen LogP contribution in [0, 0.1) is 0 Å². The molecule has 0 spiro atoms. The van der Waals surface area contributed by atoms with Gasteiger partial charge in [-0.1, -0.05) is 0 Å². The third-order valence-corrected chi connectivity index (χ3v) is 0.892. The molecule has 4 nitrogen and oxygen atoms in total. The first-order chi connectivity index (χ1) is 6.25. The molecule has 0 atom stereocenters. The minimum absolute atomic E-state index is 0. The van der Waals surface area contributed by atoms with Crippen molar-refractivity contribution >= 4 is 11.6 Å². The minimum atomic E-state index is -0.312. The predicted octanol–water partition coefficient (Wildman–Crippen LogP) is -0.323. The summed E-state index contributed by atoms with van der Waals surface area (Å²) in [5, 5.41) is 19.8. The van der Waals surface area contributed by atoms with Crippen LogP contribution in [0.25, 0.3) is 0 Å². The molecule has 0 aromatic carbocycles. The van der Waals surface area contributed by atoms with E-state index < -0.39 is 0 Å². The van der Waals surface area contributed by atoms with Crippen molar-refractivity contribution in [2.75, 3.05) is 0 Å². The normalized spacial score (nSPS) is 7.60. The van der Waals surface area contributed by atoms with Crippen LogP contribution in [0.4, 0.5) is 0 Å². The van der Waals surface area contributed by atoms with Crippen LogP contribution >= 0.6 is 0 Å². The standard InChI is InChI=1S/2C5H8O2.Ti/c2*1-4(6)3-5(2)7;/h2*6H,1,3H2,2H3;/q;;+2/p-2. The van der Waals surface area contributed by atoms with Gasteiger partial charge in [0.1, 0.15) is 11.6 Å². The number of allylic oxidation sites excluding steroid dienone is 2. The molecule has 0 aromatic heterocycles. The SMILES string of the molecule is C=C([O-])CC(C)=O.C=C([O-])CC(C)=O.[Ti+2]. The van der Waals surface area contributed by atoms with Gasteiger partial charge in [0.05, 0.1) is 0 Å². The van der Waals surface area contributed by atoms with Gasteiger partial charge >= 0.3 is 21.7 Å². The van der Waals surface area contributed by atoms with E-state index in [1.807, 2.05) is 0 Å². The smallest absolute Gasteiger partial charge is 0.876 e. The van der Waals surface area contributed by atoms with Crippen molar-refractivity contribution < 1.29 is 41.5 Å². The zero-order chi connectivity index (χ0) is 11.7. The first-order valence-corrected chi connectivity index (χ1v) is 3.94. The first kappa shape index (κ1) is 19.7. The van der Waals surface area contributed by atoms with Crippen molar-refractivity contribution in [2.24, 2.45) is 0 Å². The molecule has 0 aliphatic rings. The molecule has 0 rings (SSSR count). The van der Waals surface area contributed by atoms with E-state index in [1.165, 1.54) is 13.8 Å². The second-order valence-electron chi connectivity index (χ2n) is 2.83. The molecule has 0 saturated heterocycles. The zero-order valence-electron chi connectivity index (χ0n) is 8.96. The van der Waals surface area contributed by atoms with E-state index in [1.54, 1.807) is 0 Å². The maximum atomic E-state index is 9.99. The Morgan fingerprint density at radius 1 is 0.933 bits per heavy atom. The van der Waals surface area contributed by atoms with Crippen molar-refractivity contribution in [1.82, 2.24) is 0 Å². The molecule has 0 saturated carbocycles. The van der Waals surface area contributed by atoms with Gasteiger partial charge in [-0.25, -0.2) is 0 Å². The molecule has 5 heteroatoms. The van der Waals surface area contributed by atoms with E-state index in [-0.39, 0.29) is 57.6 Å². The summed E-state index contributed by atoms with van der Waals surface area (Å²) in [7, 11) is 0. The molecule has 0 N–H and O–H groups in total. The Balaban J connectivity index is -0.000000180. The van der Waals surface area contributed by atoms with Crippen LogP contribution in [0.1, 0.15) is 26.7 Å². The Labute approximate surface area is 105 Å². The van der Waals surface area contributed by atoms with E-state index in [0.717, 1.165) is 0 Å². The van der Waals surface area contributed by atoms with Crippen molar-refractivity contribution in [3.8, 4) is 0 Å². The van der Waals surface area contributed by atoms with Gasteiger partial charge in [-0.15, -0.1) is 24.7 Å². The molecule has 15 heavy (non-hydrogen) atoms. The summed E-state index contributed by atoms with van der Waals surface area (Å²) in [6, 6.07) is 0. The van der Waals surface area contributed by atoms with E-state index in [9.17, 15) is 19.8 Å². The molecule has 0 radical (unpaired) electrons. The summed E-state index contributed by atoms with van der Waals surface area (Å²) in [6.45, 7) is 8.77. The van der Waals surface area contributed by atoms with Crippen molar-refractivity contribution in [3.05, 3.63) is 24.7 Å². The molecule has 0 amide bonds. The van der Waals surface area contributed by atoms with Crippen molar-refractivity contribution in [3.63, 3.8) is 0 Å². The molecule has 0 aliphatic heterocycles. The second kappa shape index (κ2) is 11.2. The summed E-state index contributed by atoms with van der Waals surface area (Å²) in [6.07, 6.45) is -0.0556. The average molecular weight is 246 g/mol. The van der Waals surface area contributed by atoms with Crippen LogP contribution in [-0.2, 0) is 31.3 Å². The van der Waals surface area contributed by atoms with Crippen LogP contribution in [0.5, 0.6) is 0 Å². The quantitative estimate of drug-likeness (QED) is 0.502. The number of hydrogen-bond acceptors (Lipinski definition) is 4. The first-order valence-electron chi connectivity index (χ1n) is 3.94. The van der Waals surface area contributed by atoms with Crippen LogP contribution in [0.15, 0.2) is 24.7 Å². The third kappa shape index (κ3) is 32.0. The van der Waals surface area contributed by atoms with Crippen molar-refractivity contribution in [1.29, 1.82) is 0 Å². The van der Waals surface area contributed by atoms with Gasteiger partial charge in [0.15, 0.2) is 0 Å². The van der Waals surface area contributed by atoms with E-state index in [4.69, 9.17) is 0 Å². The van der Waals surface area contributed by atoms with Crippen LogP contribution in [0.2, 0.25) is 0 Å². The Hall–Kier alpha value is -0.866. The number of ketones is 2.